The highest BCUT2D eigenvalue weighted by molar-refractivity contribution is 5.53. The lowest BCUT2D eigenvalue weighted by Gasteiger charge is -2.37. The first-order valence-electron chi connectivity index (χ1n) is 7.09. The second-order valence-electron chi connectivity index (χ2n) is 5.66. The van der Waals surface area contributed by atoms with Gasteiger partial charge in [-0.25, -0.2) is 0 Å². The van der Waals surface area contributed by atoms with Crippen LogP contribution >= 0.6 is 0 Å². The monoisotopic (exact) mass is 470 g/mol. The number of halogens is 12. The number of alkyl halides is 12. The van der Waals surface area contributed by atoms with E-state index in [1.54, 1.807) is 0 Å². The quantitative estimate of drug-likeness (QED) is 0.644. The minimum absolute atomic E-state index is 0.199. The molecule has 0 radical (unpaired) electrons. The number of benzene rings is 1. The van der Waals surface area contributed by atoms with E-state index in [4.69, 9.17) is 0 Å². The summed E-state index contributed by atoms with van der Waals surface area (Å²) in [5.74, 6) is -3.25. The van der Waals surface area contributed by atoms with Gasteiger partial charge in [-0.05, 0) is 6.07 Å². The third kappa shape index (κ3) is 3.70. The Bertz CT molecular complexity index is 686. The van der Waals surface area contributed by atoms with E-state index in [9.17, 15) is 62.9 Å². The smallest absolute Gasteiger partial charge is 0.430 e. The molecule has 1 rings (SSSR count). The van der Waals surface area contributed by atoms with E-state index in [1.165, 1.54) is 0 Å². The molecule has 0 unspecified atom stereocenters. The molecule has 0 aliphatic rings. The highest BCUT2D eigenvalue weighted by Crippen LogP contribution is 2.57. The maximum absolute atomic E-state index is 13.1. The number of ether oxygens (including phenoxy) is 2. The third-order valence-corrected chi connectivity index (χ3v) is 3.94. The van der Waals surface area contributed by atoms with Gasteiger partial charge >= 0.3 is 24.7 Å². The first-order valence-corrected chi connectivity index (χ1v) is 7.09. The van der Waals surface area contributed by atoms with Crippen LogP contribution in [0.5, 0.6) is 11.5 Å². The van der Waals surface area contributed by atoms with Crippen LogP contribution in [0.1, 0.15) is 11.1 Å². The maximum atomic E-state index is 13.1. The van der Waals surface area contributed by atoms with Crippen LogP contribution in [0.4, 0.5) is 52.7 Å². The zero-order valence-electron chi connectivity index (χ0n) is 14.4. The molecule has 1 aromatic rings. The molecule has 0 amide bonds. The summed E-state index contributed by atoms with van der Waals surface area (Å²) in [5.41, 5.74) is -17.1. The SMILES string of the molecule is COc1cc(OC)c(C(O)(C(F)(F)F)C(F)(F)F)cc1C(O)(C(F)(F)F)C(F)(F)F. The standard InChI is InChI=1S/C14H10F12O4/c1-29-7-4-8(30-2)6(10(28,13(21,22)23)14(24,25)26)3-5(7)9(27,11(15,16)17)12(18,19)20/h3-4,27-28H,1-2H3. The van der Waals surface area contributed by atoms with Crippen molar-refractivity contribution < 1.29 is 72.4 Å². The molecule has 0 aromatic heterocycles. The molecule has 0 bridgehead atoms. The molecule has 0 saturated carbocycles. The van der Waals surface area contributed by atoms with Gasteiger partial charge < -0.3 is 19.7 Å². The summed E-state index contributed by atoms with van der Waals surface area (Å²) in [6, 6.07) is -1.17. The van der Waals surface area contributed by atoms with Crippen LogP contribution in [0.3, 0.4) is 0 Å². The molecule has 0 saturated heterocycles. The Morgan fingerprint density at radius 2 is 0.767 bits per heavy atom. The van der Waals surface area contributed by atoms with Crippen molar-refractivity contribution in [3.05, 3.63) is 23.3 Å². The van der Waals surface area contributed by atoms with Gasteiger partial charge in [0.25, 0.3) is 11.2 Å². The molecule has 0 atom stereocenters. The van der Waals surface area contributed by atoms with Gasteiger partial charge in [0.05, 0.1) is 14.2 Å². The number of hydrogen-bond donors (Lipinski definition) is 2. The number of methoxy groups -OCH3 is 2. The molecule has 0 spiro atoms. The van der Waals surface area contributed by atoms with E-state index in [0.29, 0.717) is 14.2 Å². The van der Waals surface area contributed by atoms with Crippen LogP contribution in [-0.4, -0.2) is 49.1 Å². The summed E-state index contributed by atoms with van der Waals surface area (Å²) in [7, 11) is 0.843. The van der Waals surface area contributed by atoms with Crippen molar-refractivity contribution in [3.8, 4) is 11.5 Å². The Kier molecular flexibility index (Phi) is 6.27. The minimum Gasteiger partial charge on any atom is -0.496 e. The van der Waals surface area contributed by atoms with Gasteiger partial charge in [0.1, 0.15) is 11.5 Å². The van der Waals surface area contributed by atoms with Gasteiger partial charge in [-0.2, -0.15) is 52.7 Å². The Hall–Kier alpha value is -2.10. The van der Waals surface area contributed by atoms with Crippen molar-refractivity contribution in [3.63, 3.8) is 0 Å². The van der Waals surface area contributed by atoms with Crippen LogP contribution in [0.15, 0.2) is 12.1 Å². The van der Waals surface area contributed by atoms with Crippen molar-refractivity contribution in [2.45, 2.75) is 35.9 Å². The summed E-state index contributed by atoms with van der Waals surface area (Å²) >= 11 is 0. The summed E-state index contributed by atoms with van der Waals surface area (Å²) in [5, 5.41) is 18.8. The van der Waals surface area contributed by atoms with E-state index in [-0.39, 0.29) is 6.07 Å². The lowest BCUT2D eigenvalue weighted by molar-refractivity contribution is -0.378. The molecule has 0 heterocycles. The average molecular weight is 470 g/mol. The van der Waals surface area contributed by atoms with E-state index in [0.717, 1.165) is 0 Å². The van der Waals surface area contributed by atoms with Crippen LogP contribution in [-0.2, 0) is 11.2 Å². The second-order valence-corrected chi connectivity index (χ2v) is 5.66. The van der Waals surface area contributed by atoms with Crippen LogP contribution < -0.4 is 9.47 Å². The highest BCUT2D eigenvalue weighted by atomic mass is 19.4. The molecule has 0 aliphatic carbocycles. The number of hydrogen-bond acceptors (Lipinski definition) is 4. The molecule has 174 valence electrons. The van der Waals surface area contributed by atoms with Crippen molar-refractivity contribution >= 4 is 0 Å². The van der Waals surface area contributed by atoms with E-state index in [1.807, 2.05) is 0 Å². The molecule has 0 aliphatic heterocycles. The predicted molar refractivity (Wildman–Crippen MR) is 71.6 cm³/mol. The van der Waals surface area contributed by atoms with Crippen molar-refractivity contribution in [2.75, 3.05) is 14.2 Å². The fourth-order valence-corrected chi connectivity index (χ4v) is 2.40. The third-order valence-electron chi connectivity index (χ3n) is 3.94. The predicted octanol–water partition coefficient (Wildman–Crippen LogP) is 4.33. The summed E-state index contributed by atoms with van der Waals surface area (Å²) in [6.45, 7) is 0. The molecular weight excluding hydrogens is 460 g/mol. The van der Waals surface area contributed by atoms with Crippen molar-refractivity contribution in [2.24, 2.45) is 0 Å². The highest BCUT2D eigenvalue weighted by Gasteiger charge is 2.75. The Morgan fingerprint density at radius 1 is 0.533 bits per heavy atom. The van der Waals surface area contributed by atoms with E-state index < -0.39 is 64.6 Å². The van der Waals surface area contributed by atoms with Crippen molar-refractivity contribution in [1.29, 1.82) is 0 Å². The van der Waals surface area contributed by atoms with Crippen LogP contribution in [0.25, 0.3) is 0 Å². The molecule has 16 heteroatoms. The maximum Gasteiger partial charge on any atom is 0.430 e. The summed E-state index contributed by atoms with van der Waals surface area (Å²) < 4.78 is 166. The van der Waals surface area contributed by atoms with Crippen molar-refractivity contribution in [1.82, 2.24) is 0 Å². The van der Waals surface area contributed by atoms with E-state index in [2.05, 4.69) is 9.47 Å². The molecular formula is C14H10F12O4. The van der Waals surface area contributed by atoms with Gasteiger partial charge in [0, 0.05) is 17.2 Å². The topological polar surface area (TPSA) is 58.9 Å². The lowest BCUT2D eigenvalue weighted by Crippen LogP contribution is -2.56. The summed E-state index contributed by atoms with van der Waals surface area (Å²) in [6.07, 6.45) is -26.7. The first kappa shape index (κ1) is 25.9. The molecule has 4 nitrogen and oxygen atoms in total. The van der Waals surface area contributed by atoms with Crippen LogP contribution in [0, 0.1) is 0 Å². The van der Waals surface area contributed by atoms with Gasteiger partial charge in [0.15, 0.2) is 0 Å². The Morgan fingerprint density at radius 3 is 0.933 bits per heavy atom. The summed E-state index contributed by atoms with van der Waals surface area (Å²) in [4.78, 5) is 0. The Labute approximate surface area is 158 Å². The lowest BCUT2D eigenvalue weighted by atomic mass is 9.84. The second kappa shape index (κ2) is 7.25. The normalized spacial score (nSPS) is 14.7. The zero-order valence-corrected chi connectivity index (χ0v) is 14.4. The first-order chi connectivity index (χ1) is 13.1. The number of rotatable bonds is 4. The molecule has 0 fully saturated rings. The average Bonchev–Trinajstić information content (AvgIpc) is 2.54. The fourth-order valence-electron chi connectivity index (χ4n) is 2.40. The molecule has 2 N–H and O–H groups in total. The van der Waals surface area contributed by atoms with Gasteiger partial charge in [0.2, 0.25) is 0 Å². The van der Waals surface area contributed by atoms with Gasteiger partial charge in [-0.3, -0.25) is 0 Å². The minimum atomic E-state index is -6.68. The largest absolute Gasteiger partial charge is 0.496 e. The number of aliphatic hydroxyl groups is 2. The van der Waals surface area contributed by atoms with E-state index >= 15 is 0 Å². The van der Waals surface area contributed by atoms with Gasteiger partial charge in [-0.1, -0.05) is 0 Å². The molecule has 30 heavy (non-hydrogen) atoms. The van der Waals surface area contributed by atoms with Crippen LogP contribution in [0.2, 0.25) is 0 Å². The van der Waals surface area contributed by atoms with Gasteiger partial charge in [-0.15, -0.1) is 0 Å². The fraction of sp³-hybridized carbons (Fsp3) is 0.571. The Balaban J connectivity index is 4.23. The molecule has 1 aromatic carbocycles. The zero-order chi connectivity index (χ0) is 24.1.